The zero-order valence-corrected chi connectivity index (χ0v) is 13.2. The molecule has 0 aromatic rings. The van der Waals surface area contributed by atoms with Crippen LogP contribution in [0, 0.1) is 5.92 Å². The van der Waals surface area contributed by atoms with Gasteiger partial charge in [0, 0.05) is 6.42 Å². The van der Waals surface area contributed by atoms with Crippen molar-refractivity contribution in [1.29, 1.82) is 0 Å². The normalized spacial score (nSPS) is 12.7. The average Bonchev–Trinajstić information content (AvgIpc) is 2.41. The SMILES string of the molecule is C=C/C=C\CCCCCCC(CCCCC)CC(=O)O. The van der Waals surface area contributed by atoms with Gasteiger partial charge in [0.2, 0.25) is 0 Å². The fourth-order valence-electron chi connectivity index (χ4n) is 2.52. The predicted octanol–water partition coefficient (Wildman–Crippen LogP) is 5.74. The lowest BCUT2D eigenvalue weighted by molar-refractivity contribution is -0.138. The van der Waals surface area contributed by atoms with Gasteiger partial charge in [-0.1, -0.05) is 70.3 Å². The van der Waals surface area contributed by atoms with Gasteiger partial charge in [-0.2, -0.15) is 0 Å². The molecule has 1 N–H and O–H groups in total. The Morgan fingerprint density at radius 3 is 2.35 bits per heavy atom. The molecular formula is C18H32O2. The first-order valence-electron chi connectivity index (χ1n) is 8.20. The maximum Gasteiger partial charge on any atom is 0.303 e. The van der Waals surface area contributed by atoms with Crippen molar-refractivity contribution in [1.82, 2.24) is 0 Å². The summed E-state index contributed by atoms with van der Waals surface area (Å²) in [6.07, 6.45) is 18.1. The number of carboxylic acid groups (broad SMARTS) is 1. The Morgan fingerprint density at radius 2 is 1.75 bits per heavy atom. The molecule has 0 spiro atoms. The zero-order chi connectivity index (χ0) is 15.1. The lowest BCUT2D eigenvalue weighted by Crippen LogP contribution is -2.08. The molecule has 2 heteroatoms. The molecule has 20 heavy (non-hydrogen) atoms. The quantitative estimate of drug-likeness (QED) is 0.325. The summed E-state index contributed by atoms with van der Waals surface area (Å²) in [5.41, 5.74) is 0. The second-order valence-electron chi connectivity index (χ2n) is 5.62. The van der Waals surface area contributed by atoms with Crippen LogP contribution in [0.3, 0.4) is 0 Å². The van der Waals surface area contributed by atoms with Gasteiger partial charge < -0.3 is 5.11 Å². The number of carbonyl (C=O) groups is 1. The first kappa shape index (κ1) is 18.9. The molecule has 1 atom stereocenters. The van der Waals surface area contributed by atoms with Crippen molar-refractivity contribution in [2.24, 2.45) is 5.92 Å². The van der Waals surface area contributed by atoms with E-state index < -0.39 is 5.97 Å². The Balaban J connectivity index is 3.64. The fraction of sp³-hybridized carbons (Fsp3) is 0.722. The Morgan fingerprint density at radius 1 is 1.10 bits per heavy atom. The second-order valence-corrected chi connectivity index (χ2v) is 5.62. The smallest absolute Gasteiger partial charge is 0.303 e. The monoisotopic (exact) mass is 280 g/mol. The first-order chi connectivity index (χ1) is 9.70. The standard InChI is InChI=1S/C18H32O2/c1-3-5-7-8-9-10-11-13-15-17(16-18(19)20)14-12-6-4-2/h3,5,7,17H,1,4,6,8-16H2,2H3,(H,19,20)/b7-5-. The highest BCUT2D eigenvalue weighted by atomic mass is 16.4. The highest BCUT2D eigenvalue weighted by Gasteiger charge is 2.12. The molecule has 0 aliphatic rings. The minimum Gasteiger partial charge on any atom is -0.481 e. The van der Waals surface area contributed by atoms with E-state index in [0.29, 0.717) is 12.3 Å². The van der Waals surface area contributed by atoms with Crippen molar-refractivity contribution in [2.45, 2.75) is 77.6 Å². The number of rotatable bonds is 14. The van der Waals surface area contributed by atoms with E-state index in [0.717, 1.165) is 19.3 Å². The molecule has 0 saturated heterocycles. The van der Waals surface area contributed by atoms with Crippen molar-refractivity contribution in [3.8, 4) is 0 Å². The summed E-state index contributed by atoms with van der Waals surface area (Å²) in [5.74, 6) is -0.249. The van der Waals surface area contributed by atoms with Crippen molar-refractivity contribution >= 4 is 5.97 Å². The van der Waals surface area contributed by atoms with E-state index >= 15 is 0 Å². The van der Waals surface area contributed by atoms with Gasteiger partial charge in [-0.3, -0.25) is 4.79 Å². The Kier molecular flexibility index (Phi) is 13.6. The van der Waals surface area contributed by atoms with Crippen molar-refractivity contribution < 1.29 is 9.90 Å². The van der Waals surface area contributed by atoms with E-state index in [1.165, 1.54) is 44.9 Å². The van der Waals surface area contributed by atoms with Gasteiger partial charge in [0.15, 0.2) is 0 Å². The molecular weight excluding hydrogens is 248 g/mol. The number of hydrogen-bond acceptors (Lipinski definition) is 1. The van der Waals surface area contributed by atoms with Crippen LogP contribution in [0.5, 0.6) is 0 Å². The number of unbranched alkanes of at least 4 members (excludes halogenated alkanes) is 6. The number of aliphatic carboxylic acids is 1. The summed E-state index contributed by atoms with van der Waals surface area (Å²) >= 11 is 0. The molecule has 0 aromatic carbocycles. The van der Waals surface area contributed by atoms with Crippen LogP contribution in [0.25, 0.3) is 0 Å². The summed E-state index contributed by atoms with van der Waals surface area (Å²) in [4.78, 5) is 10.9. The molecule has 0 heterocycles. The third kappa shape index (κ3) is 13.4. The Labute approximate surface area is 125 Å². The number of hydrogen-bond donors (Lipinski definition) is 1. The summed E-state index contributed by atoms with van der Waals surface area (Å²) in [6, 6.07) is 0. The largest absolute Gasteiger partial charge is 0.481 e. The molecule has 0 fully saturated rings. The van der Waals surface area contributed by atoms with Crippen LogP contribution in [0.2, 0.25) is 0 Å². The molecule has 116 valence electrons. The van der Waals surface area contributed by atoms with Crippen LogP contribution in [0.1, 0.15) is 77.6 Å². The summed E-state index contributed by atoms with van der Waals surface area (Å²) in [5, 5.41) is 8.95. The van der Waals surface area contributed by atoms with Gasteiger partial charge in [0.25, 0.3) is 0 Å². The number of allylic oxidation sites excluding steroid dienone is 3. The molecule has 0 saturated carbocycles. The van der Waals surface area contributed by atoms with Gasteiger partial charge in [-0.25, -0.2) is 0 Å². The molecule has 1 unspecified atom stereocenters. The zero-order valence-electron chi connectivity index (χ0n) is 13.2. The van der Waals surface area contributed by atoms with Crippen LogP contribution in [0.15, 0.2) is 24.8 Å². The van der Waals surface area contributed by atoms with E-state index in [9.17, 15) is 4.79 Å². The van der Waals surface area contributed by atoms with E-state index in [2.05, 4.69) is 19.6 Å². The van der Waals surface area contributed by atoms with E-state index in [-0.39, 0.29) is 0 Å². The molecule has 0 aliphatic carbocycles. The predicted molar refractivity (Wildman–Crippen MR) is 86.9 cm³/mol. The molecule has 0 bridgehead atoms. The van der Waals surface area contributed by atoms with Gasteiger partial charge in [-0.15, -0.1) is 0 Å². The van der Waals surface area contributed by atoms with Gasteiger partial charge in [0.05, 0.1) is 0 Å². The third-order valence-corrected chi connectivity index (χ3v) is 3.68. The third-order valence-electron chi connectivity index (χ3n) is 3.68. The minimum atomic E-state index is -0.638. The first-order valence-corrected chi connectivity index (χ1v) is 8.20. The van der Waals surface area contributed by atoms with Crippen LogP contribution in [0.4, 0.5) is 0 Å². The maximum absolute atomic E-state index is 10.9. The van der Waals surface area contributed by atoms with E-state index in [4.69, 9.17) is 5.11 Å². The Hall–Kier alpha value is -1.05. The molecule has 0 radical (unpaired) electrons. The average molecular weight is 280 g/mol. The van der Waals surface area contributed by atoms with Crippen LogP contribution in [-0.4, -0.2) is 11.1 Å². The topological polar surface area (TPSA) is 37.3 Å². The van der Waals surface area contributed by atoms with Crippen LogP contribution >= 0.6 is 0 Å². The molecule has 0 rings (SSSR count). The lowest BCUT2D eigenvalue weighted by Gasteiger charge is -2.14. The van der Waals surface area contributed by atoms with Crippen LogP contribution < -0.4 is 0 Å². The molecule has 0 amide bonds. The Bertz CT molecular complexity index is 269. The fourth-order valence-corrected chi connectivity index (χ4v) is 2.52. The summed E-state index contributed by atoms with van der Waals surface area (Å²) < 4.78 is 0. The van der Waals surface area contributed by atoms with E-state index in [1.807, 2.05) is 12.2 Å². The lowest BCUT2D eigenvalue weighted by atomic mass is 9.92. The molecule has 0 aromatic heterocycles. The van der Waals surface area contributed by atoms with Crippen molar-refractivity contribution in [2.75, 3.05) is 0 Å². The highest BCUT2D eigenvalue weighted by molar-refractivity contribution is 5.66. The summed E-state index contributed by atoms with van der Waals surface area (Å²) in [7, 11) is 0. The van der Waals surface area contributed by atoms with E-state index in [1.54, 1.807) is 0 Å². The van der Waals surface area contributed by atoms with Crippen molar-refractivity contribution in [3.05, 3.63) is 24.8 Å². The minimum absolute atomic E-state index is 0.353. The highest BCUT2D eigenvalue weighted by Crippen LogP contribution is 2.21. The van der Waals surface area contributed by atoms with Crippen molar-refractivity contribution in [3.63, 3.8) is 0 Å². The van der Waals surface area contributed by atoms with Gasteiger partial charge in [-0.05, 0) is 31.6 Å². The number of carboxylic acids is 1. The maximum atomic E-state index is 10.9. The summed E-state index contributed by atoms with van der Waals surface area (Å²) in [6.45, 7) is 5.83. The molecule has 2 nitrogen and oxygen atoms in total. The van der Waals surface area contributed by atoms with Crippen LogP contribution in [-0.2, 0) is 4.79 Å². The van der Waals surface area contributed by atoms with Gasteiger partial charge >= 0.3 is 5.97 Å². The molecule has 0 aliphatic heterocycles. The van der Waals surface area contributed by atoms with Gasteiger partial charge in [0.1, 0.15) is 0 Å². The second kappa shape index (κ2) is 14.4.